The van der Waals surface area contributed by atoms with Crippen molar-refractivity contribution < 1.29 is 4.79 Å². The van der Waals surface area contributed by atoms with Crippen LogP contribution in [0.1, 0.15) is 57.7 Å². The summed E-state index contributed by atoms with van der Waals surface area (Å²) in [5.41, 5.74) is 0.932. The summed E-state index contributed by atoms with van der Waals surface area (Å²) in [6, 6.07) is 2.57. The molecule has 19 heavy (non-hydrogen) atoms. The standard InChI is InChI=1S/C15H24N2OS/c1-3-12(2)19-11-15(18)10-13-8-9-17(16-13)14-6-4-5-7-14/h8-9,12,14H,3-7,10-11H2,1-2H3. The zero-order chi connectivity index (χ0) is 13.7. The molecular formula is C15H24N2OS. The van der Waals surface area contributed by atoms with E-state index in [0.29, 0.717) is 29.2 Å². The molecule has 1 heterocycles. The molecule has 0 saturated heterocycles. The molecule has 0 spiro atoms. The number of rotatable bonds is 7. The van der Waals surface area contributed by atoms with Gasteiger partial charge >= 0.3 is 0 Å². The molecule has 0 radical (unpaired) electrons. The highest BCUT2D eigenvalue weighted by molar-refractivity contribution is 8.00. The first-order valence-corrected chi connectivity index (χ1v) is 8.41. The van der Waals surface area contributed by atoms with Gasteiger partial charge in [0.05, 0.1) is 23.9 Å². The first-order chi connectivity index (χ1) is 9.19. The lowest BCUT2D eigenvalue weighted by atomic mass is 10.2. The van der Waals surface area contributed by atoms with Crippen LogP contribution >= 0.6 is 11.8 Å². The number of Topliss-reactive ketones (excluding diaryl/α,β-unsaturated/α-hetero) is 1. The van der Waals surface area contributed by atoms with Crippen molar-refractivity contribution >= 4 is 17.5 Å². The first kappa shape index (κ1) is 14.6. The smallest absolute Gasteiger partial charge is 0.148 e. The largest absolute Gasteiger partial charge is 0.298 e. The van der Waals surface area contributed by atoms with Crippen LogP contribution in [-0.4, -0.2) is 26.6 Å². The normalized spacial score (nSPS) is 17.8. The van der Waals surface area contributed by atoms with E-state index in [9.17, 15) is 4.79 Å². The van der Waals surface area contributed by atoms with Crippen molar-refractivity contribution in [3.05, 3.63) is 18.0 Å². The number of ketones is 1. The molecule has 1 aliphatic carbocycles. The van der Waals surface area contributed by atoms with Gasteiger partial charge in [0.25, 0.3) is 0 Å². The molecule has 106 valence electrons. The van der Waals surface area contributed by atoms with E-state index in [1.165, 1.54) is 25.7 Å². The fraction of sp³-hybridized carbons (Fsp3) is 0.733. The molecule has 1 aliphatic rings. The summed E-state index contributed by atoms with van der Waals surface area (Å²) >= 11 is 1.75. The van der Waals surface area contributed by atoms with Crippen LogP contribution in [0.4, 0.5) is 0 Å². The Morgan fingerprint density at radius 2 is 2.26 bits per heavy atom. The van der Waals surface area contributed by atoms with Gasteiger partial charge in [-0.15, -0.1) is 0 Å². The van der Waals surface area contributed by atoms with E-state index >= 15 is 0 Å². The minimum absolute atomic E-state index is 0.293. The summed E-state index contributed by atoms with van der Waals surface area (Å²) in [5.74, 6) is 0.910. The maximum atomic E-state index is 11.9. The van der Waals surface area contributed by atoms with Gasteiger partial charge < -0.3 is 0 Å². The van der Waals surface area contributed by atoms with Gasteiger partial charge in [0, 0.05) is 11.4 Å². The van der Waals surface area contributed by atoms with Crippen molar-refractivity contribution in [2.24, 2.45) is 0 Å². The summed E-state index contributed by atoms with van der Waals surface area (Å²) < 4.78 is 2.07. The van der Waals surface area contributed by atoms with Crippen molar-refractivity contribution in [3.8, 4) is 0 Å². The minimum atomic E-state index is 0.293. The highest BCUT2D eigenvalue weighted by Gasteiger charge is 2.18. The van der Waals surface area contributed by atoms with E-state index in [-0.39, 0.29) is 0 Å². The predicted molar refractivity (Wildman–Crippen MR) is 80.7 cm³/mol. The Kier molecular flexibility index (Phi) is 5.49. The third-order valence-corrected chi connectivity index (χ3v) is 5.24. The van der Waals surface area contributed by atoms with E-state index in [0.717, 1.165) is 12.1 Å². The van der Waals surface area contributed by atoms with Crippen molar-refractivity contribution in [2.45, 2.75) is 63.7 Å². The lowest BCUT2D eigenvalue weighted by Gasteiger charge is -2.09. The second kappa shape index (κ2) is 7.13. The number of thioether (sulfide) groups is 1. The summed E-state index contributed by atoms with van der Waals surface area (Å²) in [5, 5.41) is 5.14. The molecule has 1 aromatic heterocycles. The van der Waals surface area contributed by atoms with Crippen LogP contribution in [-0.2, 0) is 11.2 Å². The molecule has 1 atom stereocenters. The quantitative estimate of drug-likeness (QED) is 0.765. The average Bonchev–Trinajstić information content (AvgIpc) is 3.06. The zero-order valence-corrected chi connectivity index (χ0v) is 12.8. The van der Waals surface area contributed by atoms with E-state index in [1.54, 1.807) is 11.8 Å². The summed E-state index contributed by atoms with van der Waals surface area (Å²) in [6.07, 6.45) is 8.74. The van der Waals surface area contributed by atoms with Crippen LogP contribution in [0.5, 0.6) is 0 Å². The van der Waals surface area contributed by atoms with Crippen molar-refractivity contribution in [1.29, 1.82) is 0 Å². The molecule has 1 unspecified atom stereocenters. The van der Waals surface area contributed by atoms with Gasteiger partial charge in [-0.2, -0.15) is 16.9 Å². The topological polar surface area (TPSA) is 34.9 Å². The summed E-state index contributed by atoms with van der Waals surface area (Å²) in [6.45, 7) is 4.33. The van der Waals surface area contributed by atoms with Crippen molar-refractivity contribution in [3.63, 3.8) is 0 Å². The monoisotopic (exact) mass is 280 g/mol. The molecular weight excluding hydrogens is 256 g/mol. The highest BCUT2D eigenvalue weighted by atomic mass is 32.2. The second-order valence-corrected chi connectivity index (χ2v) is 6.90. The average molecular weight is 280 g/mol. The number of carbonyl (C=O) groups excluding carboxylic acids is 1. The Hall–Kier alpha value is -0.770. The molecule has 1 fully saturated rings. The van der Waals surface area contributed by atoms with Crippen molar-refractivity contribution in [2.75, 3.05) is 5.75 Å². The van der Waals surface area contributed by atoms with Gasteiger partial charge in [-0.3, -0.25) is 9.48 Å². The molecule has 0 bridgehead atoms. The predicted octanol–water partition coefficient (Wildman–Crippen LogP) is 3.64. The Bertz CT molecular complexity index is 410. The summed E-state index contributed by atoms with van der Waals surface area (Å²) in [7, 11) is 0. The van der Waals surface area contributed by atoms with Crippen LogP contribution in [0, 0.1) is 0 Å². The molecule has 1 saturated carbocycles. The SMILES string of the molecule is CCC(C)SCC(=O)Cc1ccn(C2CCCC2)n1. The lowest BCUT2D eigenvalue weighted by Crippen LogP contribution is -2.10. The van der Waals surface area contributed by atoms with Gasteiger partial charge in [0.1, 0.15) is 5.78 Å². The number of aromatic nitrogens is 2. The Balaban J connectivity index is 1.80. The molecule has 0 aliphatic heterocycles. The Morgan fingerprint density at radius 1 is 1.53 bits per heavy atom. The lowest BCUT2D eigenvalue weighted by molar-refractivity contribution is -0.116. The van der Waals surface area contributed by atoms with Gasteiger partial charge in [-0.05, 0) is 25.3 Å². The fourth-order valence-corrected chi connectivity index (χ4v) is 3.26. The number of carbonyl (C=O) groups is 1. The summed E-state index contributed by atoms with van der Waals surface area (Å²) in [4.78, 5) is 11.9. The maximum Gasteiger partial charge on any atom is 0.148 e. The first-order valence-electron chi connectivity index (χ1n) is 7.36. The zero-order valence-electron chi connectivity index (χ0n) is 12.0. The molecule has 0 aromatic carbocycles. The van der Waals surface area contributed by atoms with Gasteiger partial charge in [0.2, 0.25) is 0 Å². The maximum absolute atomic E-state index is 11.9. The number of nitrogens with zero attached hydrogens (tertiary/aromatic N) is 2. The molecule has 0 N–H and O–H groups in total. The van der Waals surface area contributed by atoms with Crippen LogP contribution in [0.3, 0.4) is 0 Å². The molecule has 3 nitrogen and oxygen atoms in total. The molecule has 2 rings (SSSR count). The van der Waals surface area contributed by atoms with E-state index in [2.05, 4.69) is 23.6 Å². The Morgan fingerprint density at radius 3 is 2.95 bits per heavy atom. The highest BCUT2D eigenvalue weighted by Crippen LogP contribution is 2.28. The van der Waals surface area contributed by atoms with E-state index in [1.807, 2.05) is 12.3 Å². The number of hydrogen-bond donors (Lipinski definition) is 0. The fourth-order valence-electron chi connectivity index (χ4n) is 2.45. The van der Waals surface area contributed by atoms with E-state index < -0.39 is 0 Å². The third kappa shape index (κ3) is 4.37. The molecule has 0 amide bonds. The van der Waals surface area contributed by atoms with Gasteiger partial charge in [-0.25, -0.2) is 0 Å². The van der Waals surface area contributed by atoms with Crippen LogP contribution in [0.2, 0.25) is 0 Å². The third-order valence-electron chi connectivity index (χ3n) is 3.84. The van der Waals surface area contributed by atoms with E-state index in [4.69, 9.17) is 0 Å². The van der Waals surface area contributed by atoms with Crippen LogP contribution in [0.15, 0.2) is 12.3 Å². The second-order valence-electron chi connectivity index (χ2n) is 5.47. The minimum Gasteiger partial charge on any atom is -0.298 e. The number of hydrogen-bond acceptors (Lipinski definition) is 3. The Labute approximate surface area is 120 Å². The van der Waals surface area contributed by atoms with Crippen LogP contribution in [0.25, 0.3) is 0 Å². The van der Waals surface area contributed by atoms with Crippen molar-refractivity contribution in [1.82, 2.24) is 9.78 Å². The van der Waals surface area contributed by atoms with Gasteiger partial charge in [0.15, 0.2) is 0 Å². The molecule has 4 heteroatoms. The molecule has 1 aromatic rings. The van der Waals surface area contributed by atoms with Gasteiger partial charge in [-0.1, -0.05) is 26.7 Å². The van der Waals surface area contributed by atoms with Crippen LogP contribution < -0.4 is 0 Å².